The van der Waals surface area contributed by atoms with Crippen molar-refractivity contribution in [1.29, 1.82) is 0 Å². The Bertz CT molecular complexity index is 2620. The van der Waals surface area contributed by atoms with Crippen LogP contribution in [0.15, 0.2) is 176 Å². The predicted octanol–water partition coefficient (Wildman–Crippen LogP) is 13.1. The van der Waals surface area contributed by atoms with Crippen LogP contribution in [0.2, 0.25) is 0 Å². The Morgan fingerprint density at radius 1 is 0.315 bits per heavy atom. The molecule has 1 aromatic heterocycles. The number of aromatic nitrogens is 3. The van der Waals surface area contributed by atoms with E-state index < -0.39 is 0 Å². The normalized spacial score (nSPS) is 14.1. The molecular weight excluding hydrogens is 655 g/mol. The molecule has 258 valence electrons. The second kappa shape index (κ2) is 13.5. The predicted molar refractivity (Wildman–Crippen MR) is 222 cm³/mol. The van der Waals surface area contributed by atoms with E-state index in [-0.39, 0.29) is 5.41 Å². The van der Waals surface area contributed by atoms with Crippen LogP contribution in [0.1, 0.15) is 43.2 Å². The first-order chi connectivity index (χ1) is 26.7. The van der Waals surface area contributed by atoms with Crippen molar-refractivity contribution in [2.75, 3.05) is 0 Å². The molecular formula is C51H39N3. The summed E-state index contributed by atoms with van der Waals surface area (Å²) in [5.74, 6) is 1.96. The lowest BCUT2D eigenvalue weighted by Crippen LogP contribution is -2.28. The summed E-state index contributed by atoms with van der Waals surface area (Å²) in [6.45, 7) is 0. The maximum Gasteiger partial charge on any atom is 0.164 e. The van der Waals surface area contributed by atoms with E-state index in [0.717, 1.165) is 38.9 Å². The smallest absolute Gasteiger partial charge is 0.164 e. The Morgan fingerprint density at radius 3 is 1.41 bits per heavy atom. The molecule has 7 aromatic carbocycles. The summed E-state index contributed by atoms with van der Waals surface area (Å²) < 4.78 is 0. The summed E-state index contributed by atoms with van der Waals surface area (Å²) in [6.07, 6.45) is 6.35. The van der Waals surface area contributed by atoms with Crippen molar-refractivity contribution >= 4 is 0 Å². The number of fused-ring (bicyclic) bond motifs is 5. The monoisotopic (exact) mass is 693 g/mol. The Labute approximate surface area is 317 Å². The van der Waals surface area contributed by atoms with E-state index in [1.165, 1.54) is 65.5 Å². The van der Waals surface area contributed by atoms with E-state index in [1.807, 2.05) is 24.3 Å². The van der Waals surface area contributed by atoms with Crippen LogP contribution in [0.25, 0.3) is 78.7 Å². The van der Waals surface area contributed by atoms with Crippen LogP contribution < -0.4 is 0 Å². The third-order valence-electron chi connectivity index (χ3n) is 11.5. The molecule has 1 heterocycles. The fourth-order valence-electron chi connectivity index (χ4n) is 8.98. The first-order valence-electron chi connectivity index (χ1n) is 19.2. The van der Waals surface area contributed by atoms with Gasteiger partial charge < -0.3 is 0 Å². The SMILES string of the molecule is c1ccc(-c2cccc(-c3nc(-c4ccccc4)nc(-c4cccc(-c5ccc(-c6cccc7c6C6(CCCCC6)c6ccccc6-7)cc5)c4)n3)c2)cc1. The van der Waals surface area contributed by atoms with Gasteiger partial charge in [0.15, 0.2) is 17.5 Å². The average Bonchev–Trinajstić information content (AvgIpc) is 3.53. The molecule has 0 N–H and O–H groups in total. The molecule has 0 saturated heterocycles. The quantitative estimate of drug-likeness (QED) is 0.174. The fraction of sp³-hybridized carbons (Fsp3) is 0.118. The minimum atomic E-state index is 0.110. The van der Waals surface area contributed by atoms with Gasteiger partial charge in [0.05, 0.1) is 0 Å². The van der Waals surface area contributed by atoms with Crippen molar-refractivity contribution in [2.45, 2.75) is 37.5 Å². The van der Waals surface area contributed by atoms with Gasteiger partial charge in [-0.1, -0.05) is 183 Å². The molecule has 0 radical (unpaired) electrons. The van der Waals surface area contributed by atoms with Gasteiger partial charge in [-0.15, -0.1) is 0 Å². The third kappa shape index (κ3) is 5.64. The maximum absolute atomic E-state index is 5.09. The van der Waals surface area contributed by atoms with Crippen molar-refractivity contribution in [1.82, 2.24) is 15.0 Å². The van der Waals surface area contributed by atoms with Crippen LogP contribution in [0, 0.1) is 0 Å². The van der Waals surface area contributed by atoms with Gasteiger partial charge in [0.1, 0.15) is 0 Å². The lowest BCUT2D eigenvalue weighted by atomic mass is 9.66. The van der Waals surface area contributed by atoms with E-state index in [4.69, 9.17) is 15.0 Å². The zero-order chi connectivity index (χ0) is 35.9. The molecule has 1 spiro atoms. The molecule has 1 saturated carbocycles. The fourth-order valence-corrected chi connectivity index (χ4v) is 8.98. The van der Waals surface area contributed by atoms with Gasteiger partial charge in [-0.3, -0.25) is 0 Å². The van der Waals surface area contributed by atoms with E-state index in [2.05, 4.69) is 152 Å². The first kappa shape index (κ1) is 32.2. The molecule has 1 fully saturated rings. The Hall–Kier alpha value is -6.45. The molecule has 54 heavy (non-hydrogen) atoms. The third-order valence-corrected chi connectivity index (χ3v) is 11.5. The Balaban J connectivity index is 1.02. The summed E-state index contributed by atoms with van der Waals surface area (Å²) in [7, 11) is 0. The van der Waals surface area contributed by atoms with Gasteiger partial charge >= 0.3 is 0 Å². The molecule has 2 aliphatic carbocycles. The zero-order valence-corrected chi connectivity index (χ0v) is 30.1. The van der Waals surface area contributed by atoms with Crippen LogP contribution in [0.3, 0.4) is 0 Å². The van der Waals surface area contributed by atoms with Crippen LogP contribution >= 0.6 is 0 Å². The largest absolute Gasteiger partial charge is 0.208 e. The molecule has 3 heteroatoms. The molecule has 0 bridgehead atoms. The van der Waals surface area contributed by atoms with Crippen molar-refractivity contribution < 1.29 is 0 Å². The summed E-state index contributed by atoms with van der Waals surface area (Å²) in [6, 6.07) is 62.9. The topological polar surface area (TPSA) is 38.7 Å². The van der Waals surface area contributed by atoms with Crippen LogP contribution in [-0.4, -0.2) is 15.0 Å². The standard InChI is InChI=1S/C51H39N3/c1-4-15-35(16-5-1)39-19-12-21-41(33-39)49-52-48(38-17-6-2-7-18-38)53-50(54-49)42-22-13-20-40(34-42)36-27-29-37(30-28-36)43-24-14-25-45-44-23-8-9-26-46(44)51(47(43)45)31-10-3-11-32-51/h1-2,4-9,12-30,33-34H,3,10-11,31-32H2. The molecule has 0 amide bonds. The summed E-state index contributed by atoms with van der Waals surface area (Å²) in [5.41, 5.74) is 16.1. The maximum atomic E-state index is 5.09. The highest BCUT2D eigenvalue weighted by Crippen LogP contribution is 2.58. The highest BCUT2D eigenvalue weighted by Gasteiger charge is 2.45. The number of hydrogen-bond donors (Lipinski definition) is 0. The molecule has 2 aliphatic rings. The van der Waals surface area contributed by atoms with Gasteiger partial charge in [0.25, 0.3) is 0 Å². The number of rotatable bonds is 6. The lowest BCUT2D eigenvalue weighted by Gasteiger charge is -2.37. The summed E-state index contributed by atoms with van der Waals surface area (Å²) in [4.78, 5) is 15.1. The first-order valence-corrected chi connectivity index (χ1v) is 19.2. The summed E-state index contributed by atoms with van der Waals surface area (Å²) in [5, 5.41) is 0. The van der Waals surface area contributed by atoms with Crippen molar-refractivity contribution in [3.05, 3.63) is 187 Å². The van der Waals surface area contributed by atoms with E-state index in [0.29, 0.717) is 17.5 Å². The molecule has 0 aliphatic heterocycles. The molecule has 8 aromatic rings. The summed E-state index contributed by atoms with van der Waals surface area (Å²) >= 11 is 0. The van der Waals surface area contributed by atoms with E-state index in [1.54, 1.807) is 0 Å². The second-order valence-corrected chi connectivity index (χ2v) is 14.7. The van der Waals surface area contributed by atoms with Crippen LogP contribution in [-0.2, 0) is 5.41 Å². The van der Waals surface area contributed by atoms with Crippen molar-refractivity contribution in [3.63, 3.8) is 0 Å². The van der Waals surface area contributed by atoms with Crippen molar-refractivity contribution in [2.24, 2.45) is 0 Å². The van der Waals surface area contributed by atoms with Crippen molar-refractivity contribution in [3.8, 4) is 78.7 Å². The van der Waals surface area contributed by atoms with E-state index in [9.17, 15) is 0 Å². The minimum Gasteiger partial charge on any atom is -0.208 e. The van der Waals surface area contributed by atoms with Crippen LogP contribution in [0.5, 0.6) is 0 Å². The Kier molecular flexibility index (Phi) is 8.06. The number of nitrogens with zero attached hydrogens (tertiary/aromatic N) is 3. The number of hydrogen-bond acceptors (Lipinski definition) is 3. The zero-order valence-electron chi connectivity index (χ0n) is 30.1. The van der Waals surface area contributed by atoms with Gasteiger partial charge in [-0.2, -0.15) is 0 Å². The second-order valence-electron chi connectivity index (χ2n) is 14.7. The van der Waals surface area contributed by atoms with Gasteiger partial charge in [-0.25, -0.2) is 15.0 Å². The van der Waals surface area contributed by atoms with Gasteiger partial charge in [0.2, 0.25) is 0 Å². The van der Waals surface area contributed by atoms with Crippen LogP contribution in [0.4, 0.5) is 0 Å². The number of benzene rings is 7. The van der Waals surface area contributed by atoms with E-state index >= 15 is 0 Å². The minimum absolute atomic E-state index is 0.110. The highest BCUT2D eigenvalue weighted by atomic mass is 15.0. The average molecular weight is 694 g/mol. The Morgan fingerprint density at radius 2 is 0.759 bits per heavy atom. The van der Waals surface area contributed by atoms with Gasteiger partial charge in [-0.05, 0) is 80.6 Å². The molecule has 10 rings (SSSR count). The molecule has 0 atom stereocenters. The van der Waals surface area contributed by atoms with Gasteiger partial charge in [0, 0.05) is 22.1 Å². The molecule has 0 unspecified atom stereocenters. The molecule has 3 nitrogen and oxygen atoms in total. The highest BCUT2D eigenvalue weighted by molar-refractivity contribution is 5.89. The lowest BCUT2D eigenvalue weighted by molar-refractivity contribution is 0.353.